The monoisotopic (exact) mass is 341 g/mol. The number of aliphatic hydroxyl groups is 1. The van der Waals surface area contributed by atoms with E-state index in [1.165, 1.54) is 19.3 Å². The van der Waals surface area contributed by atoms with Crippen LogP contribution in [0.5, 0.6) is 5.75 Å². The first-order chi connectivity index (χ1) is 11.5. The quantitative estimate of drug-likeness (QED) is 0.914. The molecule has 1 saturated carbocycles. The minimum atomic E-state index is -1.18. The minimum absolute atomic E-state index is 0.0564. The van der Waals surface area contributed by atoms with E-state index in [1.807, 2.05) is 0 Å². The Kier molecular flexibility index (Phi) is 5.69. The van der Waals surface area contributed by atoms with E-state index in [4.69, 9.17) is 9.47 Å². The average molecular weight is 341 g/mol. The summed E-state index contributed by atoms with van der Waals surface area (Å²) < 4.78 is 37.5. The van der Waals surface area contributed by atoms with Gasteiger partial charge in [0.1, 0.15) is 29.6 Å². The highest BCUT2D eigenvalue weighted by Gasteiger charge is 2.36. The Balaban J connectivity index is 1.63. The number of ether oxygens (including phenoxy) is 2. The third kappa shape index (κ3) is 4.65. The van der Waals surface area contributed by atoms with Crippen molar-refractivity contribution in [1.29, 1.82) is 0 Å². The second-order valence-corrected chi connectivity index (χ2v) is 6.93. The Morgan fingerprint density at radius 3 is 2.58 bits per heavy atom. The lowest BCUT2D eigenvalue weighted by molar-refractivity contribution is -0.0682. The summed E-state index contributed by atoms with van der Waals surface area (Å²) in [5, 5.41) is 10.9. The molecule has 1 aliphatic carbocycles. The Morgan fingerprint density at radius 2 is 1.88 bits per heavy atom. The van der Waals surface area contributed by atoms with Crippen molar-refractivity contribution in [2.45, 2.75) is 43.7 Å². The lowest BCUT2D eigenvalue weighted by Crippen LogP contribution is -2.51. The first-order valence-corrected chi connectivity index (χ1v) is 8.67. The summed E-state index contributed by atoms with van der Waals surface area (Å²) in [6, 6.07) is 3.49. The van der Waals surface area contributed by atoms with E-state index < -0.39 is 17.2 Å². The van der Waals surface area contributed by atoms with Crippen molar-refractivity contribution >= 4 is 0 Å². The molecule has 0 aromatic heterocycles. The van der Waals surface area contributed by atoms with Crippen LogP contribution in [0.4, 0.5) is 8.78 Å². The number of hydrogen-bond donors (Lipinski definition) is 1. The van der Waals surface area contributed by atoms with Gasteiger partial charge < -0.3 is 14.6 Å². The zero-order valence-electron chi connectivity index (χ0n) is 13.8. The molecule has 2 aliphatic rings. The standard InChI is InChI=1S/C18H25F2NO3/c19-14-8-15(20)10-17(9-14)24-13-18(22)11-21(6-7-23-12-18)16-4-2-1-3-5-16/h8-10,16,22H,1-7,11-13H2/t18-/m1/s1. The molecule has 0 amide bonds. The number of halogens is 2. The highest BCUT2D eigenvalue weighted by molar-refractivity contribution is 5.24. The highest BCUT2D eigenvalue weighted by Crippen LogP contribution is 2.26. The van der Waals surface area contributed by atoms with E-state index in [1.54, 1.807) is 0 Å². The maximum absolute atomic E-state index is 13.2. The summed E-state index contributed by atoms with van der Waals surface area (Å²) >= 11 is 0. The van der Waals surface area contributed by atoms with Crippen LogP contribution in [0.2, 0.25) is 0 Å². The van der Waals surface area contributed by atoms with Crippen molar-refractivity contribution in [2.24, 2.45) is 0 Å². The molecule has 1 N–H and O–H groups in total. The van der Waals surface area contributed by atoms with E-state index in [0.717, 1.165) is 37.6 Å². The van der Waals surface area contributed by atoms with Crippen molar-refractivity contribution < 1.29 is 23.4 Å². The summed E-state index contributed by atoms with van der Waals surface area (Å²) in [5.41, 5.74) is -1.18. The normalized spacial score (nSPS) is 27.0. The molecule has 24 heavy (non-hydrogen) atoms. The zero-order chi connectivity index (χ0) is 17.0. The molecule has 0 bridgehead atoms. The molecule has 1 aromatic carbocycles. The fourth-order valence-electron chi connectivity index (χ4n) is 3.62. The summed E-state index contributed by atoms with van der Waals surface area (Å²) in [6.07, 6.45) is 6.01. The van der Waals surface area contributed by atoms with Crippen LogP contribution in [0.25, 0.3) is 0 Å². The fraction of sp³-hybridized carbons (Fsp3) is 0.667. The molecule has 1 aromatic rings. The molecular formula is C18H25F2NO3. The fourth-order valence-corrected chi connectivity index (χ4v) is 3.62. The van der Waals surface area contributed by atoms with Crippen LogP contribution in [0.3, 0.4) is 0 Å². The van der Waals surface area contributed by atoms with Crippen LogP contribution in [-0.2, 0) is 4.74 Å². The van der Waals surface area contributed by atoms with Crippen molar-refractivity contribution in [3.05, 3.63) is 29.8 Å². The maximum Gasteiger partial charge on any atom is 0.134 e. The first kappa shape index (κ1) is 17.6. The molecule has 0 spiro atoms. The number of benzene rings is 1. The molecule has 134 valence electrons. The van der Waals surface area contributed by atoms with Gasteiger partial charge in [-0.3, -0.25) is 4.90 Å². The highest BCUT2D eigenvalue weighted by atomic mass is 19.1. The Morgan fingerprint density at radius 1 is 1.17 bits per heavy atom. The van der Waals surface area contributed by atoms with Crippen molar-refractivity contribution in [2.75, 3.05) is 32.9 Å². The molecule has 0 unspecified atom stereocenters. The second-order valence-electron chi connectivity index (χ2n) is 6.93. The molecular weight excluding hydrogens is 316 g/mol. The van der Waals surface area contributed by atoms with Crippen LogP contribution in [0.15, 0.2) is 18.2 Å². The van der Waals surface area contributed by atoms with Crippen LogP contribution in [0, 0.1) is 11.6 Å². The van der Waals surface area contributed by atoms with Gasteiger partial charge in [0, 0.05) is 37.3 Å². The van der Waals surface area contributed by atoms with Gasteiger partial charge in [-0.15, -0.1) is 0 Å². The van der Waals surface area contributed by atoms with Crippen LogP contribution in [-0.4, -0.2) is 54.6 Å². The molecule has 6 heteroatoms. The third-order valence-electron chi connectivity index (χ3n) is 4.83. The van der Waals surface area contributed by atoms with Gasteiger partial charge in [-0.05, 0) is 12.8 Å². The van der Waals surface area contributed by atoms with Gasteiger partial charge in [0.25, 0.3) is 0 Å². The van der Waals surface area contributed by atoms with Crippen LogP contribution >= 0.6 is 0 Å². The summed E-state index contributed by atoms with van der Waals surface area (Å²) in [4.78, 5) is 2.28. The summed E-state index contributed by atoms with van der Waals surface area (Å²) in [7, 11) is 0. The first-order valence-electron chi connectivity index (χ1n) is 8.67. The van der Waals surface area contributed by atoms with E-state index >= 15 is 0 Å². The Hall–Kier alpha value is -1.24. The van der Waals surface area contributed by atoms with Crippen LogP contribution in [0.1, 0.15) is 32.1 Å². The number of rotatable bonds is 4. The Bertz CT molecular complexity index is 531. The molecule has 0 radical (unpaired) electrons. The molecule has 1 heterocycles. The molecule has 2 fully saturated rings. The predicted molar refractivity (Wildman–Crippen MR) is 86.1 cm³/mol. The van der Waals surface area contributed by atoms with Gasteiger partial charge in [-0.25, -0.2) is 8.78 Å². The third-order valence-corrected chi connectivity index (χ3v) is 4.83. The summed E-state index contributed by atoms with van der Waals surface area (Å²) in [6.45, 7) is 1.93. The molecule has 4 nitrogen and oxygen atoms in total. The van der Waals surface area contributed by atoms with E-state index in [0.29, 0.717) is 19.2 Å². The average Bonchev–Trinajstić information content (AvgIpc) is 2.76. The van der Waals surface area contributed by atoms with Gasteiger partial charge in [-0.2, -0.15) is 0 Å². The zero-order valence-corrected chi connectivity index (χ0v) is 13.8. The molecule has 1 saturated heterocycles. The summed E-state index contributed by atoms with van der Waals surface area (Å²) in [5.74, 6) is -1.31. The number of β-amino-alcohol motifs (C(OH)–C–C–N with tert-alkyl or cyclic N) is 1. The van der Waals surface area contributed by atoms with Gasteiger partial charge >= 0.3 is 0 Å². The maximum atomic E-state index is 13.2. The number of hydrogen-bond acceptors (Lipinski definition) is 4. The molecule has 3 rings (SSSR count). The van der Waals surface area contributed by atoms with Gasteiger partial charge in [0.2, 0.25) is 0 Å². The van der Waals surface area contributed by atoms with Gasteiger partial charge in [0.15, 0.2) is 0 Å². The second kappa shape index (κ2) is 7.76. The van der Waals surface area contributed by atoms with E-state index in [2.05, 4.69) is 4.90 Å². The SMILES string of the molecule is O[C@@]1(COc2cc(F)cc(F)c2)COCCN(C2CCCCC2)C1. The lowest BCUT2D eigenvalue weighted by atomic mass is 9.93. The van der Waals surface area contributed by atoms with Crippen molar-refractivity contribution in [1.82, 2.24) is 4.90 Å². The topological polar surface area (TPSA) is 41.9 Å². The van der Waals surface area contributed by atoms with Gasteiger partial charge in [-0.1, -0.05) is 19.3 Å². The number of nitrogens with zero attached hydrogens (tertiary/aromatic N) is 1. The van der Waals surface area contributed by atoms with Gasteiger partial charge in [0.05, 0.1) is 13.2 Å². The van der Waals surface area contributed by atoms with E-state index in [-0.39, 0.29) is 19.0 Å². The molecule has 1 aliphatic heterocycles. The van der Waals surface area contributed by atoms with E-state index in [9.17, 15) is 13.9 Å². The Labute approximate surface area is 141 Å². The van der Waals surface area contributed by atoms with Crippen molar-refractivity contribution in [3.63, 3.8) is 0 Å². The minimum Gasteiger partial charge on any atom is -0.490 e. The largest absolute Gasteiger partial charge is 0.490 e. The lowest BCUT2D eigenvalue weighted by Gasteiger charge is -2.37. The smallest absolute Gasteiger partial charge is 0.134 e. The predicted octanol–water partition coefficient (Wildman–Crippen LogP) is 2.74. The van der Waals surface area contributed by atoms with Crippen LogP contribution < -0.4 is 4.74 Å². The van der Waals surface area contributed by atoms with Crippen molar-refractivity contribution in [3.8, 4) is 5.75 Å². The molecule has 1 atom stereocenters.